The van der Waals surface area contributed by atoms with Crippen LogP contribution in [0.2, 0.25) is 0 Å². The summed E-state index contributed by atoms with van der Waals surface area (Å²) in [5.41, 5.74) is 1.70. The van der Waals surface area contributed by atoms with Crippen LogP contribution in [-0.4, -0.2) is 28.2 Å². The van der Waals surface area contributed by atoms with Crippen molar-refractivity contribution in [2.24, 2.45) is 0 Å². The molecule has 1 N–H and O–H groups in total. The van der Waals surface area contributed by atoms with Gasteiger partial charge in [-0.3, -0.25) is 9.59 Å². The summed E-state index contributed by atoms with van der Waals surface area (Å²) in [4.78, 5) is 31.2. The van der Waals surface area contributed by atoms with Gasteiger partial charge in [-0.2, -0.15) is 13.2 Å². The van der Waals surface area contributed by atoms with Gasteiger partial charge in [-0.15, -0.1) is 11.3 Å². The average Bonchev–Trinajstić information content (AvgIpc) is 3.28. The highest BCUT2D eigenvalue weighted by Crippen LogP contribution is 2.32. The highest BCUT2D eigenvalue weighted by Gasteiger charge is 2.31. The van der Waals surface area contributed by atoms with Crippen LogP contribution in [0.4, 0.5) is 18.3 Å². The van der Waals surface area contributed by atoms with Crippen LogP contribution in [0.1, 0.15) is 38.3 Å². The summed E-state index contributed by atoms with van der Waals surface area (Å²) in [6, 6.07) is 12.3. The van der Waals surface area contributed by atoms with Crippen molar-refractivity contribution in [3.05, 3.63) is 88.4 Å². The molecule has 0 atom stereocenters. The molecule has 0 aliphatic carbocycles. The van der Waals surface area contributed by atoms with Gasteiger partial charge >= 0.3 is 6.18 Å². The van der Waals surface area contributed by atoms with Crippen LogP contribution in [0.3, 0.4) is 0 Å². The van der Waals surface area contributed by atoms with Crippen LogP contribution in [0.5, 0.6) is 0 Å². The molecule has 3 aromatic rings. The fraction of sp³-hybridized carbons (Fsp3) is 0.174. The predicted molar refractivity (Wildman–Crippen MR) is 116 cm³/mol. The second-order valence-corrected chi connectivity index (χ2v) is 8.37. The van der Waals surface area contributed by atoms with Crippen molar-refractivity contribution in [3.63, 3.8) is 0 Å². The minimum Gasteiger partial charge on any atom is -0.308 e. The predicted octanol–water partition coefficient (Wildman–Crippen LogP) is 5.21. The number of alkyl halides is 3. The van der Waals surface area contributed by atoms with Crippen LogP contribution in [0, 0.1) is 0 Å². The SMILES string of the molecule is C=C1c2ccccc2C(=O)N1CCC(=O)Nc1ncc(Cc2cccc(C(F)(F)F)c2)s1. The summed E-state index contributed by atoms with van der Waals surface area (Å²) < 4.78 is 38.6. The third-order valence-electron chi connectivity index (χ3n) is 5.03. The van der Waals surface area contributed by atoms with Gasteiger partial charge < -0.3 is 10.2 Å². The third kappa shape index (κ3) is 4.57. The number of thiazole rings is 1. The van der Waals surface area contributed by atoms with Gasteiger partial charge in [0.05, 0.1) is 5.56 Å². The van der Waals surface area contributed by atoms with Crippen LogP contribution >= 0.6 is 11.3 Å². The normalized spacial score (nSPS) is 13.4. The molecule has 2 heterocycles. The van der Waals surface area contributed by atoms with Gasteiger partial charge in [-0.25, -0.2) is 4.98 Å². The number of hydrogen-bond donors (Lipinski definition) is 1. The topological polar surface area (TPSA) is 62.3 Å². The Morgan fingerprint density at radius 2 is 1.88 bits per heavy atom. The second kappa shape index (κ2) is 8.58. The number of nitrogens with one attached hydrogen (secondary N) is 1. The van der Waals surface area contributed by atoms with Crippen molar-refractivity contribution >= 4 is 34.0 Å². The van der Waals surface area contributed by atoms with E-state index in [9.17, 15) is 22.8 Å². The quantitative estimate of drug-likeness (QED) is 0.553. The van der Waals surface area contributed by atoms with Gasteiger partial charge in [0.25, 0.3) is 5.91 Å². The second-order valence-electron chi connectivity index (χ2n) is 7.25. The smallest absolute Gasteiger partial charge is 0.308 e. The number of nitrogens with zero attached hydrogens (tertiary/aromatic N) is 2. The number of hydrogen-bond acceptors (Lipinski definition) is 4. The lowest BCUT2D eigenvalue weighted by molar-refractivity contribution is -0.137. The number of halogens is 3. The molecular weight excluding hydrogens is 439 g/mol. The summed E-state index contributed by atoms with van der Waals surface area (Å²) in [5.74, 6) is -0.502. The zero-order chi connectivity index (χ0) is 22.9. The average molecular weight is 457 g/mol. The van der Waals surface area contributed by atoms with E-state index in [2.05, 4.69) is 16.9 Å². The highest BCUT2D eigenvalue weighted by molar-refractivity contribution is 7.15. The first-order valence-electron chi connectivity index (χ1n) is 9.73. The molecule has 0 bridgehead atoms. The molecule has 1 aromatic heterocycles. The summed E-state index contributed by atoms with van der Waals surface area (Å²) >= 11 is 1.20. The minimum atomic E-state index is -4.40. The summed E-state index contributed by atoms with van der Waals surface area (Å²) in [6.07, 6.45) is -2.53. The Morgan fingerprint density at radius 3 is 2.59 bits per heavy atom. The van der Waals surface area contributed by atoms with E-state index in [1.165, 1.54) is 28.5 Å². The van der Waals surface area contributed by atoms with E-state index in [4.69, 9.17) is 0 Å². The Bertz CT molecular complexity index is 1170. The Kier molecular flexibility index (Phi) is 5.84. The van der Waals surface area contributed by atoms with E-state index in [1.54, 1.807) is 18.2 Å². The summed E-state index contributed by atoms with van der Waals surface area (Å²) in [7, 11) is 0. The molecule has 0 saturated carbocycles. The minimum absolute atomic E-state index is 0.0568. The van der Waals surface area contributed by atoms with Gasteiger partial charge in [-0.05, 0) is 17.7 Å². The van der Waals surface area contributed by atoms with Crippen molar-refractivity contribution in [2.75, 3.05) is 11.9 Å². The molecule has 0 fully saturated rings. The van der Waals surface area contributed by atoms with Crippen molar-refractivity contribution in [1.82, 2.24) is 9.88 Å². The number of carbonyl (C=O) groups excluding carboxylic acids is 2. The molecule has 2 amide bonds. The third-order valence-corrected chi connectivity index (χ3v) is 5.95. The molecular formula is C23H18F3N3O2S. The maximum Gasteiger partial charge on any atom is 0.416 e. The van der Waals surface area contributed by atoms with E-state index in [0.717, 1.165) is 22.6 Å². The van der Waals surface area contributed by atoms with Crippen molar-refractivity contribution in [3.8, 4) is 0 Å². The highest BCUT2D eigenvalue weighted by atomic mass is 32.1. The number of carbonyl (C=O) groups is 2. The number of fused-ring (bicyclic) bond motifs is 1. The first kappa shape index (κ1) is 21.8. The van der Waals surface area contributed by atoms with E-state index in [-0.39, 0.29) is 31.2 Å². The van der Waals surface area contributed by atoms with Gasteiger partial charge in [0.15, 0.2) is 5.13 Å². The molecule has 4 rings (SSSR count). The molecule has 0 saturated heterocycles. The van der Waals surface area contributed by atoms with E-state index in [1.807, 2.05) is 12.1 Å². The van der Waals surface area contributed by atoms with Gasteiger partial charge in [0.2, 0.25) is 5.91 Å². The maximum atomic E-state index is 12.9. The van der Waals surface area contributed by atoms with E-state index >= 15 is 0 Å². The van der Waals surface area contributed by atoms with Crippen molar-refractivity contribution in [1.29, 1.82) is 0 Å². The van der Waals surface area contributed by atoms with Gasteiger partial charge in [0, 0.05) is 47.3 Å². The Hall–Kier alpha value is -3.46. The molecule has 1 aliphatic rings. The number of benzene rings is 2. The Morgan fingerprint density at radius 1 is 1.12 bits per heavy atom. The van der Waals surface area contributed by atoms with Crippen molar-refractivity contribution in [2.45, 2.75) is 19.0 Å². The first-order valence-corrected chi connectivity index (χ1v) is 10.5. The molecule has 2 aromatic carbocycles. The molecule has 0 spiro atoms. The lowest BCUT2D eigenvalue weighted by Crippen LogP contribution is -2.27. The Labute approximate surface area is 186 Å². The summed E-state index contributed by atoms with van der Waals surface area (Å²) in [5, 5.41) is 3.03. The maximum absolute atomic E-state index is 12.9. The van der Waals surface area contributed by atoms with Crippen LogP contribution in [-0.2, 0) is 17.4 Å². The van der Waals surface area contributed by atoms with E-state index in [0.29, 0.717) is 22.0 Å². The number of rotatable bonds is 6. The van der Waals surface area contributed by atoms with Crippen molar-refractivity contribution < 1.29 is 22.8 Å². The fourth-order valence-electron chi connectivity index (χ4n) is 3.47. The van der Waals surface area contributed by atoms with Crippen LogP contribution in [0.25, 0.3) is 5.70 Å². The molecule has 164 valence electrons. The molecule has 0 radical (unpaired) electrons. The number of aromatic nitrogens is 1. The number of anilines is 1. The number of amides is 2. The molecule has 32 heavy (non-hydrogen) atoms. The zero-order valence-electron chi connectivity index (χ0n) is 16.8. The largest absolute Gasteiger partial charge is 0.416 e. The molecule has 1 aliphatic heterocycles. The molecule has 9 heteroatoms. The lowest BCUT2D eigenvalue weighted by Gasteiger charge is -2.16. The summed E-state index contributed by atoms with van der Waals surface area (Å²) in [6.45, 7) is 4.13. The standard InChI is InChI=1S/C23H18F3N3O2S/c1-14-18-7-2-3-8-19(18)21(31)29(14)10-9-20(30)28-22-27-13-17(32-22)12-15-5-4-6-16(11-15)23(24,25)26/h2-8,11,13H,1,9-10,12H2,(H,27,28,30). The zero-order valence-corrected chi connectivity index (χ0v) is 17.6. The molecule has 5 nitrogen and oxygen atoms in total. The van der Waals surface area contributed by atoms with Gasteiger partial charge in [-0.1, -0.05) is 43.0 Å². The first-order chi connectivity index (χ1) is 15.2. The van der Waals surface area contributed by atoms with Crippen LogP contribution in [0.15, 0.2) is 61.3 Å². The lowest BCUT2D eigenvalue weighted by atomic mass is 10.1. The monoisotopic (exact) mass is 457 g/mol. The molecule has 0 unspecified atom stereocenters. The van der Waals surface area contributed by atoms with Crippen LogP contribution < -0.4 is 5.32 Å². The van der Waals surface area contributed by atoms with E-state index < -0.39 is 11.7 Å². The van der Waals surface area contributed by atoms with Gasteiger partial charge in [0.1, 0.15) is 0 Å². The Balaban J connectivity index is 1.33. The fourth-order valence-corrected chi connectivity index (χ4v) is 4.33.